The summed E-state index contributed by atoms with van der Waals surface area (Å²) in [6.45, 7) is 4.32. The molecule has 0 radical (unpaired) electrons. The molecule has 2 atom stereocenters. The van der Waals surface area contributed by atoms with Crippen molar-refractivity contribution in [1.29, 1.82) is 0 Å². The van der Waals surface area contributed by atoms with E-state index in [0.717, 1.165) is 37.3 Å². The van der Waals surface area contributed by atoms with Crippen LogP contribution in [-0.4, -0.2) is 54.0 Å². The van der Waals surface area contributed by atoms with Gasteiger partial charge in [0.1, 0.15) is 6.17 Å². The number of hydrogen-bond donors (Lipinski definition) is 0. The first-order valence-electron chi connectivity index (χ1n) is 7.17. The van der Waals surface area contributed by atoms with Gasteiger partial charge < -0.3 is 9.80 Å². The van der Waals surface area contributed by atoms with Crippen LogP contribution in [0.4, 0.5) is 10.2 Å². The molecule has 1 fully saturated rings. The second-order valence-corrected chi connectivity index (χ2v) is 6.28. The van der Waals surface area contributed by atoms with Crippen LogP contribution in [0.3, 0.4) is 0 Å². The van der Waals surface area contributed by atoms with Crippen molar-refractivity contribution in [3.8, 4) is 0 Å². The van der Waals surface area contributed by atoms with Crippen molar-refractivity contribution in [2.24, 2.45) is 0 Å². The van der Waals surface area contributed by atoms with Crippen LogP contribution in [0.1, 0.15) is 24.0 Å². The van der Waals surface area contributed by atoms with Crippen LogP contribution in [0.5, 0.6) is 0 Å². The van der Waals surface area contributed by atoms with Gasteiger partial charge in [0.25, 0.3) is 0 Å². The van der Waals surface area contributed by atoms with Crippen LogP contribution in [0, 0.1) is 6.92 Å². The molecule has 2 aliphatic rings. The van der Waals surface area contributed by atoms with Gasteiger partial charge >= 0.3 is 0 Å². The summed E-state index contributed by atoms with van der Waals surface area (Å²) in [7, 11) is 1.97. The van der Waals surface area contributed by atoms with Gasteiger partial charge in [0.05, 0.1) is 0 Å². The molecule has 1 aromatic rings. The smallest absolute Gasteiger partial charge is 0.155 e. The van der Waals surface area contributed by atoms with E-state index in [0.29, 0.717) is 18.1 Å². The standard InChI is InChI=1S/C14H20ClFN4/c1-9-12-4-3-5-20(14(12)18-17-13(9)15)11-6-10(16)7-19(2)8-11/h10-11H,3-8H2,1-2H3/t10-,11-/m1/s1. The van der Waals surface area contributed by atoms with Crippen molar-refractivity contribution in [2.45, 2.75) is 38.4 Å². The van der Waals surface area contributed by atoms with Crippen LogP contribution in [0.25, 0.3) is 0 Å². The maximum atomic E-state index is 13.8. The van der Waals surface area contributed by atoms with E-state index in [-0.39, 0.29) is 6.04 Å². The van der Waals surface area contributed by atoms with E-state index >= 15 is 0 Å². The first-order chi connectivity index (χ1) is 9.56. The number of nitrogens with zero attached hydrogens (tertiary/aromatic N) is 4. The molecule has 0 spiro atoms. The van der Waals surface area contributed by atoms with Crippen LogP contribution < -0.4 is 4.90 Å². The summed E-state index contributed by atoms with van der Waals surface area (Å²) in [6, 6.07) is 0.178. The molecule has 1 saturated heterocycles. The van der Waals surface area contributed by atoms with Crippen molar-refractivity contribution in [3.63, 3.8) is 0 Å². The summed E-state index contributed by atoms with van der Waals surface area (Å²) in [4.78, 5) is 4.29. The monoisotopic (exact) mass is 298 g/mol. The minimum absolute atomic E-state index is 0.178. The van der Waals surface area contributed by atoms with Gasteiger partial charge in [0.2, 0.25) is 0 Å². The second-order valence-electron chi connectivity index (χ2n) is 5.92. The number of anilines is 1. The number of likely N-dealkylation sites (tertiary alicyclic amines) is 1. The third kappa shape index (κ3) is 2.49. The molecule has 0 N–H and O–H groups in total. The van der Waals surface area contributed by atoms with Gasteiger partial charge in [-0.1, -0.05) is 11.6 Å². The zero-order valence-corrected chi connectivity index (χ0v) is 12.7. The number of likely N-dealkylation sites (N-methyl/N-ethyl adjacent to an activating group) is 1. The third-order valence-electron chi connectivity index (χ3n) is 4.36. The Hall–Kier alpha value is -0.940. The normalized spacial score (nSPS) is 27.5. The summed E-state index contributed by atoms with van der Waals surface area (Å²) >= 11 is 6.07. The lowest BCUT2D eigenvalue weighted by Crippen LogP contribution is -2.52. The highest BCUT2D eigenvalue weighted by Gasteiger charge is 2.33. The SMILES string of the molecule is Cc1c(Cl)nnc2c1CCCN2[C@@H]1C[C@@H](F)CN(C)C1. The summed E-state index contributed by atoms with van der Waals surface area (Å²) in [5.41, 5.74) is 2.20. The lowest BCUT2D eigenvalue weighted by atomic mass is 9.97. The number of alkyl halides is 1. The maximum Gasteiger partial charge on any atom is 0.155 e. The molecule has 1 aromatic heterocycles. The summed E-state index contributed by atoms with van der Waals surface area (Å²) in [5, 5.41) is 8.81. The van der Waals surface area contributed by atoms with Gasteiger partial charge in [0.15, 0.2) is 11.0 Å². The molecule has 4 nitrogen and oxygen atoms in total. The van der Waals surface area contributed by atoms with Crippen molar-refractivity contribution in [1.82, 2.24) is 15.1 Å². The molecule has 2 aliphatic heterocycles. The highest BCUT2D eigenvalue weighted by Crippen LogP contribution is 2.33. The summed E-state index contributed by atoms with van der Waals surface area (Å²) in [6.07, 6.45) is 1.86. The van der Waals surface area contributed by atoms with Gasteiger partial charge in [0, 0.05) is 37.7 Å². The molecule has 0 amide bonds. The van der Waals surface area contributed by atoms with Gasteiger partial charge in [-0.05, 0) is 32.4 Å². The topological polar surface area (TPSA) is 32.3 Å². The minimum Gasteiger partial charge on any atom is -0.351 e. The number of piperidine rings is 1. The van der Waals surface area contributed by atoms with E-state index in [2.05, 4.69) is 20.0 Å². The Labute approximate surface area is 123 Å². The lowest BCUT2D eigenvalue weighted by molar-refractivity contribution is 0.142. The molecule has 0 aliphatic carbocycles. The number of hydrogen-bond acceptors (Lipinski definition) is 4. The zero-order valence-electron chi connectivity index (χ0n) is 11.9. The molecule has 3 heterocycles. The van der Waals surface area contributed by atoms with E-state index in [1.54, 1.807) is 0 Å². The number of halogens is 2. The van der Waals surface area contributed by atoms with Crippen LogP contribution in [-0.2, 0) is 6.42 Å². The molecule has 0 saturated carbocycles. The average Bonchev–Trinajstić information content (AvgIpc) is 2.41. The van der Waals surface area contributed by atoms with E-state index in [1.807, 2.05) is 14.0 Å². The van der Waals surface area contributed by atoms with Crippen molar-refractivity contribution >= 4 is 17.4 Å². The van der Waals surface area contributed by atoms with E-state index in [1.165, 1.54) is 5.56 Å². The molecular formula is C14H20ClFN4. The number of fused-ring (bicyclic) bond motifs is 1. The predicted octanol–water partition coefficient (Wildman–Crippen LogP) is 2.23. The van der Waals surface area contributed by atoms with Crippen LogP contribution in [0.2, 0.25) is 5.15 Å². The molecular weight excluding hydrogens is 279 g/mol. The van der Waals surface area contributed by atoms with Crippen LogP contribution in [0.15, 0.2) is 0 Å². The Bertz CT molecular complexity index is 500. The fourth-order valence-electron chi connectivity index (χ4n) is 3.38. The van der Waals surface area contributed by atoms with E-state index in [9.17, 15) is 4.39 Å². The Balaban J connectivity index is 1.92. The Morgan fingerprint density at radius 2 is 2.10 bits per heavy atom. The Kier molecular flexibility index (Phi) is 3.82. The van der Waals surface area contributed by atoms with Gasteiger partial charge in [-0.2, -0.15) is 0 Å². The van der Waals surface area contributed by atoms with Gasteiger partial charge in [-0.25, -0.2) is 4.39 Å². The highest BCUT2D eigenvalue weighted by atomic mass is 35.5. The summed E-state index contributed by atoms with van der Waals surface area (Å²) in [5.74, 6) is 0.908. The fourth-order valence-corrected chi connectivity index (χ4v) is 3.53. The average molecular weight is 299 g/mol. The van der Waals surface area contributed by atoms with Gasteiger partial charge in [-0.15, -0.1) is 10.2 Å². The molecule has 0 unspecified atom stereocenters. The van der Waals surface area contributed by atoms with Crippen molar-refractivity contribution in [3.05, 3.63) is 16.3 Å². The zero-order chi connectivity index (χ0) is 14.3. The first kappa shape index (κ1) is 14.0. The van der Waals surface area contributed by atoms with Gasteiger partial charge in [-0.3, -0.25) is 0 Å². The molecule has 6 heteroatoms. The highest BCUT2D eigenvalue weighted by molar-refractivity contribution is 6.30. The molecule has 0 aromatic carbocycles. The minimum atomic E-state index is -0.759. The Morgan fingerprint density at radius 3 is 2.85 bits per heavy atom. The molecule has 0 bridgehead atoms. The van der Waals surface area contributed by atoms with Crippen LogP contribution >= 0.6 is 11.6 Å². The summed E-state index contributed by atoms with van der Waals surface area (Å²) < 4.78 is 13.8. The number of aromatic nitrogens is 2. The largest absolute Gasteiger partial charge is 0.351 e. The second kappa shape index (κ2) is 5.45. The first-order valence-corrected chi connectivity index (χ1v) is 7.55. The van der Waals surface area contributed by atoms with Crippen molar-refractivity contribution in [2.75, 3.05) is 31.6 Å². The number of rotatable bonds is 1. The lowest BCUT2D eigenvalue weighted by Gasteiger charge is -2.42. The maximum absolute atomic E-state index is 13.8. The quantitative estimate of drug-likeness (QED) is 0.796. The molecule has 3 rings (SSSR count). The van der Waals surface area contributed by atoms with E-state index < -0.39 is 6.17 Å². The predicted molar refractivity (Wildman–Crippen MR) is 78.2 cm³/mol. The van der Waals surface area contributed by atoms with Crippen molar-refractivity contribution < 1.29 is 4.39 Å². The molecule has 110 valence electrons. The fraction of sp³-hybridized carbons (Fsp3) is 0.714. The third-order valence-corrected chi connectivity index (χ3v) is 4.72. The van der Waals surface area contributed by atoms with E-state index in [4.69, 9.17) is 11.6 Å². The molecule has 20 heavy (non-hydrogen) atoms. The Morgan fingerprint density at radius 1 is 1.30 bits per heavy atom.